The Morgan fingerprint density at radius 2 is 1.59 bits per heavy atom. The predicted molar refractivity (Wildman–Crippen MR) is 127 cm³/mol. The Kier molecular flexibility index (Phi) is 6.84. The van der Waals surface area contributed by atoms with Gasteiger partial charge in [-0.2, -0.15) is 0 Å². The molecular weight excluding hydrogens is 402 g/mol. The van der Waals surface area contributed by atoms with Gasteiger partial charge in [0.1, 0.15) is 0 Å². The fourth-order valence-corrected chi connectivity index (χ4v) is 9.60. The first kappa shape index (κ1) is 24.9. The van der Waals surface area contributed by atoms with Crippen molar-refractivity contribution in [2.24, 2.45) is 64.6 Å². The molecule has 4 fully saturated rings. The smallest absolute Gasteiger partial charge is 0.0676 e. The maximum absolute atomic E-state index is 12.0. The molecule has 0 aliphatic heterocycles. The summed E-state index contributed by atoms with van der Waals surface area (Å²) in [6.45, 7) is 13.1. The molecule has 0 heterocycles. The first-order valence-corrected chi connectivity index (χ1v) is 13.3. The summed E-state index contributed by atoms with van der Waals surface area (Å²) in [5, 5.41) is 48.2. The van der Waals surface area contributed by atoms with Crippen molar-refractivity contribution in [1.29, 1.82) is 0 Å². The Morgan fingerprint density at radius 3 is 2.16 bits per heavy atom. The van der Waals surface area contributed by atoms with Crippen molar-refractivity contribution in [3.63, 3.8) is 0 Å². The number of aliphatic hydroxyl groups excluding tert-OH is 4. The quantitative estimate of drug-likeness (QED) is 0.455. The molecule has 0 spiro atoms. The van der Waals surface area contributed by atoms with Crippen molar-refractivity contribution < 1.29 is 20.4 Å². The summed E-state index contributed by atoms with van der Waals surface area (Å²) in [7, 11) is 2.06. The lowest BCUT2D eigenvalue weighted by Gasteiger charge is -2.65. The van der Waals surface area contributed by atoms with Crippen LogP contribution in [0.25, 0.3) is 0 Å². The van der Waals surface area contributed by atoms with Gasteiger partial charge in [0.05, 0.1) is 24.4 Å². The van der Waals surface area contributed by atoms with Crippen molar-refractivity contribution in [3.8, 4) is 0 Å². The second kappa shape index (κ2) is 8.78. The number of fused-ring (bicyclic) bond motifs is 3. The van der Waals surface area contributed by atoms with E-state index < -0.39 is 29.6 Å². The molecule has 5 N–H and O–H groups in total. The van der Waals surface area contributed by atoms with Crippen LogP contribution in [0.3, 0.4) is 0 Å². The van der Waals surface area contributed by atoms with E-state index in [4.69, 9.17) is 0 Å². The molecule has 0 saturated heterocycles. The van der Waals surface area contributed by atoms with Gasteiger partial charge in [0.15, 0.2) is 0 Å². The molecule has 0 radical (unpaired) electrons. The minimum atomic E-state index is -0.755. The molecule has 0 aromatic rings. The van der Waals surface area contributed by atoms with E-state index in [9.17, 15) is 20.4 Å². The Hall–Kier alpha value is -0.200. The van der Waals surface area contributed by atoms with Gasteiger partial charge < -0.3 is 25.7 Å². The minimum Gasteiger partial charge on any atom is -0.393 e. The number of aliphatic hydroxyl groups is 4. The van der Waals surface area contributed by atoms with Crippen LogP contribution in [-0.2, 0) is 0 Å². The van der Waals surface area contributed by atoms with Crippen LogP contribution in [0.1, 0.15) is 67.2 Å². The van der Waals surface area contributed by atoms with Crippen molar-refractivity contribution in [2.75, 3.05) is 7.05 Å². The number of hydrogen-bond acceptors (Lipinski definition) is 5. The molecule has 186 valence electrons. The lowest BCUT2D eigenvalue weighted by molar-refractivity contribution is -0.237. The van der Waals surface area contributed by atoms with Crippen LogP contribution >= 0.6 is 0 Å². The first-order valence-electron chi connectivity index (χ1n) is 13.3. The zero-order chi connectivity index (χ0) is 23.7. The summed E-state index contributed by atoms with van der Waals surface area (Å²) < 4.78 is 0. The van der Waals surface area contributed by atoms with E-state index in [1.54, 1.807) is 6.92 Å². The van der Waals surface area contributed by atoms with Gasteiger partial charge in [0.2, 0.25) is 0 Å². The number of hydrogen-bond donors (Lipinski definition) is 5. The van der Waals surface area contributed by atoms with E-state index in [1.165, 1.54) is 12.8 Å². The number of rotatable bonds is 3. The Labute approximate surface area is 195 Å². The fourth-order valence-electron chi connectivity index (χ4n) is 9.60. The molecule has 0 amide bonds. The van der Waals surface area contributed by atoms with Crippen LogP contribution in [0.5, 0.6) is 0 Å². The summed E-state index contributed by atoms with van der Waals surface area (Å²) in [6, 6.07) is 0.437. The molecule has 13 unspecified atom stereocenters. The van der Waals surface area contributed by atoms with Crippen LogP contribution in [0, 0.1) is 64.6 Å². The summed E-state index contributed by atoms with van der Waals surface area (Å²) in [5.74, 6) is 2.96. The molecule has 4 rings (SSSR count). The Bertz CT molecular complexity index is 670. The van der Waals surface area contributed by atoms with Gasteiger partial charge in [-0.1, -0.05) is 34.6 Å². The average Bonchev–Trinajstić information content (AvgIpc) is 2.70. The summed E-state index contributed by atoms with van der Waals surface area (Å²) in [5.41, 5.74) is -0.395. The maximum Gasteiger partial charge on any atom is 0.0676 e. The molecule has 4 aliphatic rings. The van der Waals surface area contributed by atoms with Crippen LogP contribution in [0.4, 0.5) is 0 Å². The van der Waals surface area contributed by atoms with Crippen molar-refractivity contribution >= 4 is 0 Å². The predicted octanol–water partition coefficient (Wildman–Crippen LogP) is 2.90. The lowest BCUT2D eigenvalue weighted by Crippen LogP contribution is -2.66. The van der Waals surface area contributed by atoms with E-state index in [2.05, 4.69) is 47.0 Å². The van der Waals surface area contributed by atoms with Crippen LogP contribution in [0.15, 0.2) is 0 Å². The molecule has 4 saturated carbocycles. The zero-order valence-corrected chi connectivity index (χ0v) is 21.3. The molecule has 5 heteroatoms. The molecule has 5 nitrogen and oxygen atoms in total. The highest BCUT2D eigenvalue weighted by Gasteiger charge is 2.64. The van der Waals surface area contributed by atoms with Gasteiger partial charge >= 0.3 is 0 Å². The second-order valence-electron chi connectivity index (χ2n) is 12.9. The summed E-state index contributed by atoms with van der Waals surface area (Å²) >= 11 is 0. The molecule has 4 aliphatic carbocycles. The topological polar surface area (TPSA) is 93.0 Å². The van der Waals surface area contributed by atoms with Crippen molar-refractivity contribution in [1.82, 2.24) is 5.32 Å². The highest BCUT2D eigenvalue weighted by atomic mass is 16.3. The lowest BCUT2D eigenvalue weighted by atomic mass is 9.42. The van der Waals surface area contributed by atoms with Gasteiger partial charge in [-0.3, -0.25) is 0 Å². The van der Waals surface area contributed by atoms with Gasteiger partial charge in [-0.05, 0) is 98.3 Å². The third-order valence-corrected chi connectivity index (χ3v) is 11.5. The molecule has 15 atom stereocenters. The molecule has 0 bridgehead atoms. The van der Waals surface area contributed by atoms with Crippen LogP contribution < -0.4 is 5.32 Å². The van der Waals surface area contributed by atoms with E-state index in [0.29, 0.717) is 42.1 Å². The van der Waals surface area contributed by atoms with E-state index >= 15 is 0 Å². The molecule has 0 aromatic heterocycles. The zero-order valence-electron chi connectivity index (χ0n) is 21.3. The Morgan fingerprint density at radius 1 is 0.938 bits per heavy atom. The fraction of sp³-hybridized carbons (Fsp3) is 1.00. The van der Waals surface area contributed by atoms with Gasteiger partial charge in [0, 0.05) is 12.0 Å². The standard InChI is InChI=1S/C27H49NO4/c1-12(2)18-11-20(28-7)13(3)22-19(18)9-16-8-17-10-21(30)24(15(5)29)26(32)27(17,6)14(4)23(16)25(22)31/h12-26,28-32H,8-11H2,1-7H3/t13?,14?,15?,16-,17?,18?,19?,20?,21?,22?,23?,24?,25?,26?,27+/m1/s1. The summed E-state index contributed by atoms with van der Waals surface area (Å²) in [4.78, 5) is 0. The van der Waals surface area contributed by atoms with Gasteiger partial charge in [0.25, 0.3) is 0 Å². The molecule has 32 heavy (non-hydrogen) atoms. The Balaban J connectivity index is 1.69. The normalized spacial score (nSPS) is 56.8. The van der Waals surface area contributed by atoms with E-state index in [0.717, 1.165) is 6.42 Å². The van der Waals surface area contributed by atoms with Crippen LogP contribution in [0.2, 0.25) is 0 Å². The largest absolute Gasteiger partial charge is 0.393 e. The highest BCUT2D eigenvalue weighted by molar-refractivity contribution is 5.13. The highest BCUT2D eigenvalue weighted by Crippen LogP contribution is 2.64. The third kappa shape index (κ3) is 3.52. The van der Waals surface area contributed by atoms with Crippen molar-refractivity contribution in [3.05, 3.63) is 0 Å². The minimum absolute atomic E-state index is 0.144. The van der Waals surface area contributed by atoms with E-state index in [1.807, 2.05) is 0 Å². The van der Waals surface area contributed by atoms with Crippen LogP contribution in [-0.4, -0.2) is 57.9 Å². The SMILES string of the molecule is CNC1CC(C(C)C)C2C[C@H]3CC4CC(O)C(C(C)O)C(O)[C@@]4(C)C(C)C3C(O)C2C1C. The monoisotopic (exact) mass is 451 g/mol. The van der Waals surface area contributed by atoms with E-state index in [-0.39, 0.29) is 29.8 Å². The van der Waals surface area contributed by atoms with Gasteiger partial charge in [-0.25, -0.2) is 0 Å². The third-order valence-electron chi connectivity index (χ3n) is 11.5. The number of nitrogens with one attached hydrogen (secondary N) is 1. The average molecular weight is 452 g/mol. The molecule has 0 aromatic carbocycles. The first-order chi connectivity index (χ1) is 14.9. The summed E-state index contributed by atoms with van der Waals surface area (Å²) in [6.07, 6.45) is 1.45. The second-order valence-corrected chi connectivity index (χ2v) is 12.9. The van der Waals surface area contributed by atoms with Gasteiger partial charge in [-0.15, -0.1) is 0 Å². The molecular formula is C27H49NO4. The maximum atomic E-state index is 12.0. The van der Waals surface area contributed by atoms with Crippen molar-refractivity contribution in [2.45, 2.75) is 97.7 Å².